The Morgan fingerprint density at radius 3 is 2.76 bits per heavy atom. The monoisotopic (exact) mass is 253 g/mol. The molecule has 0 aromatic heterocycles. The Balaban J connectivity index is 2.72. The predicted octanol–water partition coefficient (Wildman–Crippen LogP) is 3.93. The largest absolute Gasteiger partial charge is 0.307 e. The Hall–Kier alpha value is -1.04. The van der Waals surface area contributed by atoms with E-state index in [2.05, 4.69) is 18.2 Å². The molecule has 1 N–H and O–H groups in total. The van der Waals surface area contributed by atoms with Gasteiger partial charge in [0, 0.05) is 18.5 Å². The maximum Gasteiger partial charge on any atom is 0.141 e. The minimum absolute atomic E-state index is 0.103. The van der Waals surface area contributed by atoms with Gasteiger partial charge in [-0.1, -0.05) is 24.6 Å². The molecule has 0 saturated carbocycles. The van der Waals surface area contributed by atoms with Gasteiger partial charge in [0.1, 0.15) is 5.82 Å². The molecule has 0 heterocycles. The molecule has 1 rings (SSSR count). The molecule has 0 fully saturated rings. The van der Waals surface area contributed by atoms with Crippen LogP contribution in [0.3, 0.4) is 0 Å². The number of halogens is 2. The molecule has 3 heteroatoms. The van der Waals surface area contributed by atoms with Gasteiger partial charge in [-0.3, -0.25) is 0 Å². The van der Waals surface area contributed by atoms with E-state index in [-0.39, 0.29) is 17.1 Å². The molecule has 0 amide bonds. The van der Waals surface area contributed by atoms with Gasteiger partial charge >= 0.3 is 0 Å². The van der Waals surface area contributed by atoms with E-state index in [1.165, 1.54) is 6.07 Å². The normalized spacial score (nSPS) is 14.1. The van der Waals surface area contributed by atoms with Gasteiger partial charge in [0.15, 0.2) is 0 Å². The number of hydrogen-bond donors (Lipinski definition) is 1. The van der Waals surface area contributed by atoms with Gasteiger partial charge in [-0.05, 0) is 31.0 Å². The van der Waals surface area contributed by atoms with Gasteiger partial charge in [-0.2, -0.15) is 0 Å². The smallest absolute Gasteiger partial charge is 0.141 e. The predicted molar refractivity (Wildman–Crippen MR) is 70.5 cm³/mol. The number of rotatable bonds is 5. The summed E-state index contributed by atoms with van der Waals surface area (Å²) >= 11 is 5.75. The summed E-state index contributed by atoms with van der Waals surface area (Å²) in [4.78, 5) is 0. The third-order valence-electron chi connectivity index (χ3n) is 2.79. The second-order valence-corrected chi connectivity index (χ2v) is 4.48. The fourth-order valence-electron chi connectivity index (χ4n) is 1.69. The Morgan fingerprint density at radius 1 is 1.53 bits per heavy atom. The third-order valence-corrected chi connectivity index (χ3v) is 3.08. The van der Waals surface area contributed by atoms with Crippen LogP contribution in [-0.2, 0) is 0 Å². The molecule has 0 radical (unpaired) electrons. The molecule has 0 aliphatic rings. The van der Waals surface area contributed by atoms with Crippen molar-refractivity contribution in [3.05, 3.63) is 34.6 Å². The van der Waals surface area contributed by atoms with E-state index in [1.807, 2.05) is 6.92 Å². The summed E-state index contributed by atoms with van der Waals surface area (Å²) < 4.78 is 13.0. The fraction of sp³-hybridized carbons (Fsp3) is 0.429. The topological polar surface area (TPSA) is 12.0 Å². The molecule has 0 saturated heterocycles. The van der Waals surface area contributed by atoms with E-state index in [0.717, 1.165) is 12.0 Å². The third kappa shape index (κ3) is 4.03. The van der Waals surface area contributed by atoms with Crippen LogP contribution in [0.2, 0.25) is 5.02 Å². The zero-order valence-electron chi connectivity index (χ0n) is 10.1. The fourth-order valence-corrected chi connectivity index (χ4v) is 1.88. The first-order valence-corrected chi connectivity index (χ1v) is 6.10. The maximum absolute atomic E-state index is 13.0. The lowest BCUT2D eigenvalue weighted by Gasteiger charge is -2.21. The average Bonchev–Trinajstić information content (AvgIpc) is 2.31. The van der Waals surface area contributed by atoms with Crippen LogP contribution < -0.4 is 5.32 Å². The summed E-state index contributed by atoms with van der Waals surface area (Å²) in [5.74, 6) is 2.26. The molecule has 92 valence electrons. The van der Waals surface area contributed by atoms with Crippen LogP contribution in [0, 0.1) is 18.2 Å². The zero-order chi connectivity index (χ0) is 12.8. The van der Waals surface area contributed by atoms with E-state index < -0.39 is 5.82 Å². The second kappa shape index (κ2) is 6.64. The van der Waals surface area contributed by atoms with Crippen molar-refractivity contribution in [1.29, 1.82) is 0 Å². The van der Waals surface area contributed by atoms with Crippen molar-refractivity contribution < 1.29 is 4.39 Å². The molecule has 2 unspecified atom stereocenters. The highest BCUT2D eigenvalue weighted by atomic mass is 35.5. The molecule has 0 spiro atoms. The van der Waals surface area contributed by atoms with E-state index in [0.29, 0.717) is 6.42 Å². The van der Waals surface area contributed by atoms with Crippen LogP contribution in [0.1, 0.15) is 38.3 Å². The van der Waals surface area contributed by atoms with E-state index in [1.54, 1.807) is 12.1 Å². The van der Waals surface area contributed by atoms with Crippen molar-refractivity contribution in [2.75, 3.05) is 0 Å². The average molecular weight is 254 g/mol. The molecule has 0 aliphatic heterocycles. The second-order valence-electron chi connectivity index (χ2n) is 4.08. The molecule has 17 heavy (non-hydrogen) atoms. The van der Waals surface area contributed by atoms with Crippen LogP contribution in [0.4, 0.5) is 4.39 Å². The maximum atomic E-state index is 13.0. The van der Waals surface area contributed by atoms with Gasteiger partial charge in [0.05, 0.1) is 5.02 Å². The van der Waals surface area contributed by atoms with Crippen molar-refractivity contribution in [2.24, 2.45) is 0 Å². The van der Waals surface area contributed by atoms with Crippen molar-refractivity contribution in [1.82, 2.24) is 5.32 Å². The van der Waals surface area contributed by atoms with Crippen molar-refractivity contribution in [2.45, 2.75) is 38.8 Å². The highest BCUT2D eigenvalue weighted by Crippen LogP contribution is 2.21. The van der Waals surface area contributed by atoms with Crippen LogP contribution in [0.5, 0.6) is 0 Å². The Kier molecular flexibility index (Phi) is 5.47. The SMILES string of the molecule is C#CCC(CC)NC(C)c1ccc(F)c(Cl)c1. The first-order chi connectivity index (χ1) is 8.08. The minimum Gasteiger partial charge on any atom is -0.307 e. The van der Waals surface area contributed by atoms with E-state index in [9.17, 15) is 4.39 Å². The van der Waals surface area contributed by atoms with Crippen molar-refractivity contribution in [3.63, 3.8) is 0 Å². The standard InChI is InChI=1S/C14H17ClFN/c1-4-6-12(5-2)17-10(3)11-7-8-14(16)13(15)9-11/h1,7-10,12,17H,5-6H2,2-3H3. The van der Waals surface area contributed by atoms with E-state index in [4.69, 9.17) is 18.0 Å². The van der Waals surface area contributed by atoms with Gasteiger partial charge in [-0.15, -0.1) is 12.3 Å². The van der Waals surface area contributed by atoms with Crippen LogP contribution in [0.15, 0.2) is 18.2 Å². The highest BCUT2D eigenvalue weighted by molar-refractivity contribution is 6.30. The Labute approximate surface area is 107 Å². The molecule has 2 atom stereocenters. The van der Waals surface area contributed by atoms with Gasteiger partial charge in [-0.25, -0.2) is 4.39 Å². The van der Waals surface area contributed by atoms with Crippen molar-refractivity contribution >= 4 is 11.6 Å². The molecule has 1 nitrogen and oxygen atoms in total. The first-order valence-electron chi connectivity index (χ1n) is 5.73. The first kappa shape index (κ1) is 14.0. The molecule has 1 aromatic carbocycles. The molecule has 0 aliphatic carbocycles. The summed E-state index contributed by atoms with van der Waals surface area (Å²) in [5, 5.41) is 3.56. The van der Waals surface area contributed by atoms with Crippen LogP contribution >= 0.6 is 11.6 Å². The number of benzene rings is 1. The number of hydrogen-bond acceptors (Lipinski definition) is 1. The molecular formula is C14H17ClFN. The van der Waals surface area contributed by atoms with Gasteiger partial charge in [0.2, 0.25) is 0 Å². The molecule has 1 aromatic rings. The molecule has 0 bridgehead atoms. The highest BCUT2D eigenvalue weighted by Gasteiger charge is 2.12. The van der Waals surface area contributed by atoms with Gasteiger partial charge < -0.3 is 5.32 Å². The quantitative estimate of drug-likeness (QED) is 0.784. The van der Waals surface area contributed by atoms with Gasteiger partial charge in [0.25, 0.3) is 0 Å². The van der Waals surface area contributed by atoms with E-state index >= 15 is 0 Å². The number of terminal acetylenes is 1. The Morgan fingerprint density at radius 2 is 2.24 bits per heavy atom. The van der Waals surface area contributed by atoms with Crippen LogP contribution in [-0.4, -0.2) is 6.04 Å². The molecular weight excluding hydrogens is 237 g/mol. The summed E-state index contributed by atoms with van der Waals surface area (Å²) in [5.41, 5.74) is 0.965. The lowest BCUT2D eigenvalue weighted by Crippen LogP contribution is -2.30. The summed E-state index contributed by atoms with van der Waals surface area (Å²) in [6, 6.07) is 5.15. The summed E-state index contributed by atoms with van der Waals surface area (Å²) in [6.07, 6.45) is 6.95. The van der Waals surface area contributed by atoms with Crippen LogP contribution in [0.25, 0.3) is 0 Å². The number of nitrogens with one attached hydrogen (secondary N) is 1. The summed E-state index contributed by atoms with van der Waals surface area (Å²) in [6.45, 7) is 4.10. The minimum atomic E-state index is -0.390. The Bertz CT molecular complexity index is 411. The summed E-state index contributed by atoms with van der Waals surface area (Å²) in [7, 11) is 0. The lowest BCUT2D eigenvalue weighted by molar-refractivity contribution is 0.449. The van der Waals surface area contributed by atoms with Crippen molar-refractivity contribution in [3.8, 4) is 12.3 Å². The lowest BCUT2D eigenvalue weighted by atomic mass is 10.1. The zero-order valence-corrected chi connectivity index (χ0v) is 10.9.